The van der Waals surface area contributed by atoms with Crippen LogP contribution in [0.3, 0.4) is 0 Å². The number of benzene rings is 1. The second-order valence-electron chi connectivity index (χ2n) is 3.35. The summed E-state index contributed by atoms with van der Waals surface area (Å²) >= 11 is 0. The second-order valence-corrected chi connectivity index (χ2v) is 3.35. The van der Waals surface area contributed by atoms with Gasteiger partial charge in [0.05, 0.1) is 0 Å². The van der Waals surface area contributed by atoms with Gasteiger partial charge in [0.15, 0.2) is 0 Å². The van der Waals surface area contributed by atoms with Crippen molar-refractivity contribution in [3.63, 3.8) is 0 Å². The van der Waals surface area contributed by atoms with Crippen LogP contribution in [0.25, 0.3) is 11.3 Å². The van der Waals surface area contributed by atoms with Crippen LogP contribution in [-0.4, -0.2) is 4.98 Å². The quantitative estimate of drug-likeness (QED) is 0.695. The third-order valence-electron chi connectivity index (χ3n) is 2.08. The van der Waals surface area contributed by atoms with Crippen molar-refractivity contribution in [1.29, 1.82) is 0 Å². The maximum absolute atomic E-state index is 13.5. The minimum atomic E-state index is -0.430. The lowest BCUT2D eigenvalue weighted by Gasteiger charge is -2.03. The Morgan fingerprint density at radius 3 is 2.60 bits per heavy atom. The molecule has 0 aliphatic carbocycles. The smallest absolute Gasteiger partial charge is 0.149 e. The first-order chi connectivity index (χ1) is 7.16. The number of aryl methyl sites for hydroxylation is 1. The van der Waals surface area contributed by atoms with Crippen LogP contribution in [0.5, 0.6) is 0 Å². The summed E-state index contributed by atoms with van der Waals surface area (Å²) in [6.07, 6.45) is 1.56. The summed E-state index contributed by atoms with van der Waals surface area (Å²) in [6.45, 7) is 1.76. The third kappa shape index (κ3) is 2.01. The molecule has 0 saturated heterocycles. The third-order valence-corrected chi connectivity index (χ3v) is 2.08. The van der Waals surface area contributed by atoms with Gasteiger partial charge in [-0.3, -0.25) is 4.98 Å². The van der Waals surface area contributed by atoms with Gasteiger partial charge in [-0.1, -0.05) is 12.1 Å². The van der Waals surface area contributed by atoms with E-state index < -0.39 is 11.6 Å². The Morgan fingerprint density at radius 1 is 1.13 bits per heavy atom. The molecule has 1 aromatic carbocycles. The van der Waals surface area contributed by atoms with Gasteiger partial charge in [0.2, 0.25) is 0 Å². The minimum Gasteiger partial charge on any atom is -0.253 e. The molecule has 0 spiro atoms. The fourth-order valence-electron chi connectivity index (χ4n) is 1.38. The Bertz CT molecular complexity index is 495. The van der Waals surface area contributed by atoms with Gasteiger partial charge in [-0.25, -0.2) is 8.78 Å². The zero-order chi connectivity index (χ0) is 10.8. The average molecular weight is 205 g/mol. The number of nitrogens with zero attached hydrogens (tertiary/aromatic N) is 1. The number of hydrogen-bond acceptors (Lipinski definition) is 1. The van der Waals surface area contributed by atoms with E-state index in [2.05, 4.69) is 4.98 Å². The van der Waals surface area contributed by atoms with Crippen molar-refractivity contribution in [3.05, 3.63) is 53.7 Å². The van der Waals surface area contributed by atoms with Gasteiger partial charge in [0.1, 0.15) is 17.3 Å². The summed E-state index contributed by atoms with van der Waals surface area (Å²) in [7, 11) is 0. The normalized spacial score (nSPS) is 10.3. The fraction of sp³-hybridized carbons (Fsp3) is 0.0833. The minimum absolute atomic E-state index is 0.181. The Hall–Kier alpha value is -1.77. The highest BCUT2D eigenvalue weighted by Crippen LogP contribution is 2.21. The van der Waals surface area contributed by atoms with Gasteiger partial charge in [-0.05, 0) is 30.7 Å². The molecule has 76 valence electrons. The summed E-state index contributed by atoms with van der Waals surface area (Å²) in [5.74, 6) is -0.824. The van der Waals surface area contributed by atoms with Crippen molar-refractivity contribution in [2.24, 2.45) is 0 Å². The largest absolute Gasteiger partial charge is 0.253 e. The second kappa shape index (κ2) is 3.77. The first-order valence-corrected chi connectivity index (χ1v) is 4.55. The number of pyridine rings is 1. The van der Waals surface area contributed by atoms with Crippen LogP contribution >= 0.6 is 0 Å². The van der Waals surface area contributed by atoms with E-state index in [0.717, 1.165) is 5.56 Å². The standard InChI is InChI=1S/C12H9F2N/c1-8-5-11(14)12(15-7-8)9-3-2-4-10(13)6-9/h2-7H,1H3. The molecule has 1 aromatic heterocycles. The van der Waals surface area contributed by atoms with E-state index in [4.69, 9.17) is 0 Å². The average Bonchev–Trinajstić information content (AvgIpc) is 2.17. The highest BCUT2D eigenvalue weighted by Gasteiger charge is 2.07. The lowest BCUT2D eigenvalue weighted by atomic mass is 10.1. The molecule has 0 fully saturated rings. The van der Waals surface area contributed by atoms with Crippen LogP contribution in [0.15, 0.2) is 36.5 Å². The zero-order valence-electron chi connectivity index (χ0n) is 8.17. The molecule has 2 aromatic rings. The maximum Gasteiger partial charge on any atom is 0.149 e. The molecule has 1 nitrogen and oxygen atoms in total. The molecule has 0 bridgehead atoms. The summed E-state index contributed by atoms with van der Waals surface area (Å²) < 4.78 is 26.4. The van der Waals surface area contributed by atoms with Crippen molar-refractivity contribution in [2.75, 3.05) is 0 Å². The summed E-state index contributed by atoms with van der Waals surface area (Å²) in [4.78, 5) is 3.95. The lowest BCUT2D eigenvalue weighted by Crippen LogP contribution is -1.90. The first-order valence-electron chi connectivity index (χ1n) is 4.55. The van der Waals surface area contributed by atoms with Crippen molar-refractivity contribution < 1.29 is 8.78 Å². The maximum atomic E-state index is 13.5. The number of aromatic nitrogens is 1. The number of hydrogen-bond donors (Lipinski definition) is 0. The van der Waals surface area contributed by atoms with E-state index in [1.807, 2.05) is 0 Å². The zero-order valence-corrected chi connectivity index (χ0v) is 8.17. The molecular formula is C12H9F2N. The van der Waals surface area contributed by atoms with Gasteiger partial charge in [0.25, 0.3) is 0 Å². The van der Waals surface area contributed by atoms with E-state index in [9.17, 15) is 8.78 Å². The first kappa shape index (κ1) is 9.77. The molecule has 0 aliphatic rings. The van der Waals surface area contributed by atoms with Crippen molar-refractivity contribution in [2.45, 2.75) is 6.92 Å². The molecule has 1 heterocycles. The lowest BCUT2D eigenvalue weighted by molar-refractivity contribution is 0.620. The van der Waals surface area contributed by atoms with Gasteiger partial charge in [-0.2, -0.15) is 0 Å². The molecule has 0 saturated carbocycles. The summed E-state index contributed by atoms with van der Waals surface area (Å²) in [5, 5.41) is 0. The van der Waals surface area contributed by atoms with Gasteiger partial charge in [0, 0.05) is 11.8 Å². The van der Waals surface area contributed by atoms with E-state index in [0.29, 0.717) is 5.56 Å². The monoisotopic (exact) mass is 205 g/mol. The fourth-order valence-corrected chi connectivity index (χ4v) is 1.38. The Labute approximate surface area is 86.4 Å². The molecule has 3 heteroatoms. The van der Waals surface area contributed by atoms with Crippen LogP contribution in [0.1, 0.15) is 5.56 Å². The SMILES string of the molecule is Cc1cnc(-c2cccc(F)c2)c(F)c1. The number of halogens is 2. The van der Waals surface area contributed by atoms with E-state index >= 15 is 0 Å². The topological polar surface area (TPSA) is 12.9 Å². The number of rotatable bonds is 1. The predicted octanol–water partition coefficient (Wildman–Crippen LogP) is 3.34. The highest BCUT2D eigenvalue weighted by atomic mass is 19.1. The van der Waals surface area contributed by atoms with Crippen molar-refractivity contribution in [3.8, 4) is 11.3 Å². The molecule has 2 rings (SSSR count). The van der Waals surface area contributed by atoms with Crippen LogP contribution in [0, 0.1) is 18.6 Å². The van der Waals surface area contributed by atoms with E-state index in [1.54, 1.807) is 19.2 Å². The van der Waals surface area contributed by atoms with E-state index in [-0.39, 0.29) is 5.69 Å². The van der Waals surface area contributed by atoms with Crippen LogP contribution in [-0.2, 0) is 0 Å². The van der Waals surface area contributed by atoms with E-state index in [1.165, 1.54) is 24.3 Å². The van der Waals surface area contributed by atoms with Crippen molar-refractivity contribution >= 4 is 0 Å². The van der Waals surface area contributed by atoms with Gasteiger partial charge in [-0.15, -0.1) is 0 Å². The van der Waals surface area contributed by atoms with Crippen molar-refractivity contribution in [1.82, 2.24) is 4.98 Å². The molecule has 0 radical (unpaired) electrons. The van der Waals surface area contributed by atoms with Crippen LogP contribution < -0.4 is 0 Å². The highest BCUT2D eigenvalue weighted by molar-refractivity contribution is 5.59. The van der Waals surface area contributed by atoms with Gasteiger partial charge < -0.3 is 0 Å². The molecule has 15 heavy (non-hydrogen) atoms. The predicted molar refractivity (Wildman–Crippen MR) is 54.3 cm³/mol. The molecular weight excluding hydrogens is 196 g/mol. The molecule has 0 unspecified atom stereocenters. The van der Waals surface area contributed by atoms with Crippen LogP contribution in [0.2, 0.25) is 0 Å². The Morgan fingerprint density at radius 2 is 1.93 bits per heavy atom. The Kier molecular flexibility index (Phi) is 2.46. The van der Waals surface area contributed by atoms with Crippen LogP contribution in [0.4, 0.5) is 8.78 Å². The van der Waals surface area contributed by atoms with Gasteiger partial charge >= 0.3 is 0 Å². The summed E-state index contributed by atoms with van der Waals surface area (Å²) in [6, 6.07) is 7.12. The molecule has 0 amide bonds. The summed E-state index contributed by atoms with van der Waals surface area (Å²) in [5.41, 5.74) is 1.38. The molecule has 0 aliphatic heterocycles. The molecule has 0 atom stereocenters. The molecule has 0 N–H and O–H groups in total. The Balaban J connectivity index is 2.54.